The Morgan fingerprint density at radius 3 is 2.14 bits per heavy atom. The number of allylic oxidation sites excluding steroid dienone is 2. The zero-order valence-electron chi connectivity index (χ0n) is 27.7. The number of carbonyl (C=O) groups excluding carboxylic acids is 1. The van der Waals surface area contributed by atoms with Crippen molar-refractivity contribution in [1.29, 1.82) is 0 Å². The number of carbonyl (C=O) groups is 1. The SMILES string of the molecule is CCC(CC)C(=O)/C=C(\O)C(CC)CC.FC(F)(F)c1c2ccccc2cc2c(-c3[c-]c4cccc5c6ccccc6n3c45)ncnc12.[Ir]. The fourth-order valence-corrected chi connectivity index (χ4v) is 6.82. The topological polar surface area (TPSA) is 67.5 Å². The summed E-state index contributed by atoms with van der Waals surface area (Å²) in [6.45, 7) is 8.07. The minimum Gasteiger partial charge on any atom is -0.512 e. The number of hydrogen-bond donors (Lipinski definition) is 1. The number of aliphatic hydroxyl groups excluding tert-OH is 1. The first kappa shape index (κ1) is 36.0. The van der Waals surface area contributed by atoms with Crippen molar-refractivity contribution >= 4 is 54.7 Å². The third-order valence-corrected chi connectivity index (χ3v) is 9.41. The molecule has 0 aliphatic heterocycles. The smallest absolute Gasteiger partial charge is 0.419 e. The molecule has 49 heavy (non-hydrogen) atoms. The number of nitrogens with zero attached hydrogens (tertiary/aromatic N) is 3. The van der Waals surface area contributed by atoms with Crippen LogP contribution in [0.1, 0.15) is 58.9 Å². The first-order valence-electron chi connectivity index (χ1n) is 16.5. The fraction of sp³-hybridized carbons (Fsp3) is 0.275. The Bertz CT molecular complexity index is 2290. The summed E-state index contributed by atoms with van der Waals surface area (Å²) in [5.74, 6) is 0.547. The summed E-state index contributed by atoms with van der Waals surface area (Å²) in [6, 6.07) is 25.6. The molecule has 0 fully saturated rings. The molecule has 9 heteroatoms. The van der Waals surface area contributed by atoms with E-state index in [0.29, 0.717) is 22.2 Å². The normalized spacial score (nSPS) is 12.4. The molecule has 1 N–H and O–H groups in total. The zero-order chi connectivity index (χ0) is 34.2. The Morgan fingerprint density at radius 2 is 1.47 bits per heavy atom. The van der Waals surface area contributed by atoms with Gasteiger partial charge in [0.25, 0.3) is 0 Å². The summed E-state index contributed by atoms with van der Waals surface area (Å²) in [5.41, 5.74) is 2.15. The van der Waals surface area contributed by atoms with E-state index < -0.39 is 11.7 Å². The number of aromatic nitrogens is 3. The predicted octanol–water partition coefficient (Wildman–Crippen LogP) is 11.1. The molecule has 0 amide bonds. The van der Waals surface area contributed by atoms with Gasteiger partial charge in [-0.1, -0.05) is 82.3 Å². The van der Waals surface area contributed by atoms with Crippen LogP contribution in [0, 0.1) is 17.9 Å². The van der Waals surface area contributed by atoms with E-state index in [4.69, 9.17) is 0 Å². The Morgan fingerprint density at radius 1 is 0.837 bits per heavy atom. The molecular weight excluding hydrogens is 804 g/mol. The molecule has 0 aliphatic carbocycles. The number of aliphatic hydroxyl groups is 1. The molecule has 255 valence electrons. The van der Waals surface area contributed by atoms with E-state index in [1.54, 1.807) is 24.3 Å². The number of alkyl halides is 3. The number of halogens is 3. The molecule has 0 saturated carbocycles. The van der Waals surface area contributed by atoms with Gasteiger partial charge in [-0.2, -0.15) is 13.2 Å². The van der Waals surface area contributed by atoms with E-state index in [1.165, 1.54) is 18.5 Å². The van der Waals surface area contributed by atoms with Crippen LogP contribution in [0.5, 0.6) is 0 Å². The van der Waals surface area contributed by atoms with Crippen molar-refractivity contribution in [2.24, 2.45) is 11.8 Å². The third kappa shape index (κ3) is 6.54. The molecular formula is C40H37F3IrN3O2-. The quantitative estimate of drug-likeness (QED) is 0.0716. The van der Waals surface area contributed by atoms with Gasteiger partial charge in [0.2, 0.25) is 0 Å². The van der Waals surface area contributed by atoms with Crippen LogP contribution in [-0.4, -0.2) is 25.3 Å². The van der Waals surface area contributed by atoms with Crippen LogP contribution in [-0.2, 0) is 31.1 Å². The van der Waals surface area contributed by atoms with Gasteiger partial charge in [-0.05, 0) is 69.9 Å². The van der Waals surface area contributed by atoms with E-state index in [1.807, 2.05) is 68.5 Å². The third-order valence-electron chi connectivity index (χ3n) is 9.41. The van der Waals surface area contributed by atoms with E-state index in [-0.39, 0.29) is 54.4 Å². The van der Waals surface area contributed by atoms with Gasteiger partial charge in [-0.3, -0.25) is 9.78 Å². The van der Waals surface area contributed by atoms with Crippen molar-refractivity contribution in [3.05, 3.63) is 103 Å². The van der Waals surface area contributed by atoms with Gasteiger partial charge in [0.05, 0.1) is 16.8 Å². The van der Waals surface area contributed by atoms with E-state index in [9.17, 15) is 23.1 Å². The molecule has 7 rings (SSSR count). The van der Waals surface area contributed by atoms with E-state index in [2.05, 4.69) is 22.1 Å². The maximum Gasteiger partial charge on any atom is 0.419 e. The second kappa shape index (κ2) is 14.6. The Kier molecular flexibility index (Phi) is 10.8. The Balaban J connectivity index is 0.000000252. The van der Waals surface area contributed by atoms with Crippen molar-refractivity contribution in [2.45, 2.75) is 59.6 Å². The van der Waals surface area contributed by atoms with Crippen LogP contribution in [0.2, 0.25) is 0 Å². The molecule has 3 heterocycles. The van der Waals surface area contributed by atoms with Gasteiger partial charge in [-0.15, -0.1) is 23.6 Å². The van der Waals surface area contributed by atoms with Crippen molar-refractivity contribution in [3.63, 3.8) is 0 Å². The molecule has 5 nitrogen and oxygen atoms in total. The summed E-state index contributed by atoms with van der Waals surface area (Å²) in [4.78, 5) is 20.3. The average molecular weight is 841 g/mol. The Labute approximate surface area is 296 Å². The van der Waals surface area contributed by atoms with Gasteiger partial charge in [-0.25, -0.2) is 4.98 Å². The molecule has 0 spiro atoms. The first-order valence-corrected chi connectivity index (χ1v) is 16.5. The second-order valence-corrected chi connectivity index (χ2v) is 12.1. The van der Waals surface area contributed by atoms with Crippen LogP contribution in [0.25, 0.3) is 60.3 Å². The van der Waals surface area contributed by atoms with E-state index >= 15 is 0 Å². The summed E-state index contributed by atoms with van der Waals surface area (Å²) in [5, 5.41) is 13.8. The summed E-state index contributed by atoms with van der Waals surface area (Å²) >= 11 is 0. The molecule has 0 aliphatic rings. The van der Waals surface area contributed by atoms with Crippen LogP contribution < -0.4 is 0 Å². The van der Waals surface area contributed by atoms with Crippen molar-refractivity contribution in [1.82, 2.24) is 14.4 Å². The molecule has 4 aromatic carbocycles. The van der Waals surface area contributed by atoms with Crippen molar-refractivity contribution < 1.29 is 43.2 Å². The van der Waals surface area contributed by atoms with Gasteiger partial charge in [0, 0.05) is 49.2 Å². The largest absolute Gasteiger partial charge is 0.512 e. The molecule has 0 atom stereocenters. The van der Waals surface area contributed by atoms with Crippen molar-refractivity contribution in [2.75, 3.05) is 0 Å². The molecule has 0 saturated heterocycles. The molecule has 1 radical (unpaired) electrons. The minimum absolute atomic E-state index is 0. The van der Waals surface area contributed by atoms with Crippen LogP contribution in [0.4, 0.5) is 13.2 Å². The maximum absolute atomic E-state index is 14.2. The second-order valence-electron chi connectivity index (χ2n) is 12.1. The maximum atomic E-state index is 14.2. The zero-order valence-corrected chi connectivity index (χ0v) is 30.1. The first-order chi connectivity index (χ1) is 23.1. The summed E-state index contributed by atoms with van der Waals surface area (Å²) in [6.07, 6.45) is 1.56. The monoisotopic (exact) mass is 841 g/mol. The summed E-state index contributed by atoms with van der Waals surface area (Å²) < 4.78 is 44.7. The minimum atomic E-state index is -4.56. The predicted molar refractivity (Wildman–Crippen MR) is 187 cm³/mol. The van der Waals surface area contributed by atoms with E-state index in [0.717, 1.165) is 52.9 Å². The van der Waals surface area contributed by atoms with Crippen LogP contribution in [0.3, 0.4) is 0 Å². The number of fused-ring (bicyclic) bond motifs is 5. The van der Waals surface area contributed by atoms with Crippen LogP contribution >= 0.6 is 0 Å². The number of ketones is 1. The number of hydrogen-bond acceptors (Lipinski definition) is 4. The average Bonchev–Trinajstić information content (AvgIpc) is 3.63. The molecule has 0 unspecified atom stereocenters. The van der Waals surface area contributed by atoms with Gasteiger partial charge >= 0.3 is 6.18 Å². The van der Waals surface area contributed by atoms with Gasteiger partial charge < -0.3 is 9.51 Å². The van der Waals surface area contributed by atoms with Gasteiger partial charge in [0.1, 0.15) is 6.33 Å². The molecule has 7 aromatic rings. The Hall–Kier alpha value is -4.33. The summed E-state index contributed by atoms with van der Waals surface area (Å²) in [7, 11) is 0. The number of para-hydroxylation sites is 2. The van der Waals surface area contributed by atoms with Gasteiger partial charge in [0.15, 0.2) is 5.78 Å². The van der Waals surface area contributed by atoms with Crippen molar-refractivity contribution in [3.8, 4) is 11.4 Å². The number of benzene rings is 4. The molecule has 3 aromatic heterocycles. The standard InChI is InChI=1S/C27H13F3N3.C13H24O2.Ir/c28-27(29,30)23-17-8-2-1-6-15(17)12-20-24(31-14-32-25(20)23)22-13-16-7-5-10-19-18-9-3-4-11-21(18)33(22)26(16)19;1-5-10(6-2)12(14)9-13(15)11(7-3)8-4;/h1-12,14H;9-11,14H,5-8H2,1-4H3;/q-1;;/b;12-9-;. The van der Waals surface area contributed by atoms with Crippen LogP contribution in [0.15, 0.2) is 91.0 Å². The number of rotatable bonds is 8. The molecule has 0 bridgehead atoms. The fourth-order valence-electron chi connectivity index (χ4n) is 6.82.